The lowest BCUT2D eigenvalue weighted by molar-refractivity contribution is -0.133. The second-order valence-electron chi connectivity index (χ2n) is 12.0. The highest BCUT2D eigenvalue weighted by atomic mass is 32.2. The van der Waals surface area contributed by atoms with Crippen molar-refractivity contribution in [2.24, 2.45) is 5.92 Å². The minimum atomic E-state index is -3.08. The average molecular weight is 624 g/mol. The van der Waals surface area contributed by atoms with E-state index in [4.69, 9.17) is 9.72 Å². The first-order chi connectivity index (χ1) is 21.1. The van der Waals surface area contributed by atoms with Crippen molar-refractivity contribution in [3.05, 3.63) is 54.9 Å². The van der Waals surface area contributed by atoms with Crippen molar-refractivity contribution < 1.29 is 22.3 Å². The van der Waals surface area contributed by atoms with Crippen LogP contribution in [0.25, 0.3) is 10.8 Å². The van der Waals surface area contributed by atoms with Gasteiger partial charge in [-0.25, -0.2) is 22.8 Å². The molecular formula is C31H38FN7O4S. The van der Waals surface area contributed by atoms with E-state index in [9.17, 15) is 17.6 Å². The Morgan fingerprint density at radius 1 is 1.16 bits per heavy atom. The number of nitrogens with zero attached hydrogens (tertiary/aromatic N) is 6. The lowest BCUT2D eigenvalue weighted by atomic mass is 9.87. The maximum Gasteiger partial charge on any atom is 0.246 e. The first-order valence-corrected chi connectivity index (χ1v) is 16.9. The number of halogens is 1. The summed E-state index contributed by atoms with van der Waals surface area (Å²) in [7, 11) is -1.55. The number of aromatic nitrogens is 3. The number of ether oxygens (including phenoxy) is 1. The van der Waals surface area contributed by atoms with Gasteiger partial charge in [0.1, 0.15) is 27.6 Å². The second-order valence-corrected chi connectivity index (χ2v) is 14.2. The van der Waals surface area contributed by atoms with Gasteiger partial charge in [0.05, 0.1) is 24.4 Å². The van der Waals surface area contributed by atoms with Crippen molar-refractivity contribution in [1.29, 1.82) is 0 Å². The minimum absolute atomic E-state index is 0.0523. The Morgan fingerprint density at radius 2 is 1.98 bits per heavy atom. The largest absolute Gasteiger partial charge is 0.378 e. The molecule has 0 spiro atoms. The number of alkyl halides is 1. The van der Waals surface area contributed by atoms with Crippen LogP contribution in [0.15, 0.2) is 49.3 Å². The number of hydrogen-bond acceptors (Lipinski definition) is 10. The molecule has 3 saturated heterocycles. The summed E-state index contributed by atoms with van der Waals surface area (Å²) < 4.78 is 43.7. The highest BCUT2D eigenvalue weighted by Gasteiger charge is 2.39. The number of fused-ring (bicyclic) bond motifs is 1. The van der Waals surface area contributed by atoms with E-state index >= 15 is 0 Å². The molecule has 3 aliphatic rings. The zero-order valence-electron chi connectivity index (χ0n) is 25.2. The van der Waals surface area contributed by atoms with Gasteiger partial charge in [-0.1, -0.05) is 12.6 Å². The van der Waals surface area contributed by atoms with E-state index < -0.39 is 22.1 Å². The molecule has 1 aromatic carbocycles. The summed E-state index contributed by atoms with van der Waals surface area (Å²) in [6, 6.07) is 7.78. The number of carbonyl (C=O) groups is 1. The molecule has 13 heteroatoms. The van der Waals surface area contributed by atoms with Gasteiger partial charge >= 0.3 is 0 Å². The monoisotopic (exact) mass is 623 g/mol. The third-order valence-electron chi connectivity index (χ3n) is 9.15. The summed E-state index contributed by atoms with van der Waals surface area (Å²) in [5.41, 5.74) is 1.99. The first-order valence-electron chi connectivity index (χ1n) is 14.9. The maximum atomic E-state index is 14.5. The molecule has 0 bridgehead atoms. The molecule has 5 heterocycles. The molecule has 1 amide bonds. The highest BCUT2D eigenvalue weighted by molar-refractivity contribution is 7.90. The number of pyridine rings is 1. The Bertz CT molecular complexity index is 1690. The molecule has 3 fully saturated rings. The Hall–Kier alpha value is -3.84. The van der Waals surface area contributed by atoms with Gasteiger partial charge in [0.2, 0.25) is 11.9 Å². The predicted octanol–water partition coefficient (Wildman–Crippen LogP) is 3.66. The summed E-state index contributed by atoms with van der Waals surface area (Å²) >= 11 is 0. The van der Waals surface area contributed by atoms with Crippen LogP contribution in [0.1, 0.15) is 31.4 Å². The van der Waals surface area contributed by atoms with E-state index in [-0.39, 0.29) is 36.2 Å². The number of sulfone groups is 1. The summed E-state index contributed by atoms with van der Waals surface area (Å²) in [6.45, 7) is 7.76. The van der Waals surface area contributed by atoms with Gasteiger partial charge in [0, 0.05) is 68.4 Å². The van der Waals surface area contributed by atoms with E-state index in [1.807, 2.05) is 22.1 Å². The van der Waals surface area contributed by atoms with Crippen LogP contribution in [-0.4, -0.2) is 97.8 Å². The van der Waals surface area contributed by atoms with Crippen molar-refractivity contribution in [2.75, 3.05) is 60.4 Å². The third kappa shape index (κ3) is 5.82. The van der Waals surface area contributed by atoms with E-state index in [0.717, 1.165) is 28.4 Å². The topological polar surface area (TPSA) is 121 Å². The number of anilines is 4. The summed E-state index contributed by atoms with van der Waals surface area (Å²) in [5.74, 6) is 1.63. The van der Waals surface area contributed by atoms with Crippen LogP contribution in [0, 0.1) is 5.92 Å². The zero-order chi connectivity index (χ0) is 31.2. The van der Waals surface area contributed by atoms with Gasteiger partial charge < -0.3 is 24.8 Å². The van der Waals surface area contributed by atoms with Crippen molar-refractivity contribution in [3.8, 4) is 0 Å². The predicted molar refractivity (Wildman–Crippen MR) is 169 cm³/mol. The Morgan fingerprint density at radius 3 is 2.64 bits per heavy atom. The molecule has 0 radical (unpaired) electrons. The standard InChI is InChI=1S/C31H38FN7O4S/c1-5-30(40)38-13-9-26(38)21-6-7-25(39-16-20(19(39)2)18-44(4,41)42)23-15-34-29(14-22(21)23)35-28-8-11-33-31(36-28)37-12-10-27(43-3)24(32)17-37/h5-8,11,14-15,19-20,24,26-27H,1,9-10,12-13,16-18H2,2-4H3,(H,33,34,35,36)/t19-,20-,24+,26+,27-/m1/s1. The van der Waals surface area contributed by atoms with Crippen LogP contribution in [0.4, 0.5) is 27.7 Å². The number of amides is 1. The molecule has 3 aromatic rings. The molecule has 0 unspecified atom stereocenters. The lowest BCUT2D eigenvalue weighted by Gasteiger charge is -2.48. The van der Waals surface area contributed by atoms with Crippen molar-refractivity contribution in [2.45, 2.75) is 44.1 Å². The average Bonchev–Trinajstić information content (AvgIpc) is 2.98. The summed E-state index contributed by atoms with van der Waals surface area (Å²) in [5, 5.41) is 5.16. The fourth-order valence-corrected chi connectivity index (χ4v) is 7.73. The SMILES string of the molecule is C=CC(=O)N1CC[C@H]1c1ccc(N2C[C@H](CS(C)(=O)=O)[C@H]2C)c2cnc(Nc3ccnc(N4CC[C@@H](OC)[C@@H](F)C4)n3)cc12. The fourth-order valence-electron chi connectivity index (χ4n) is 6.57. The molecule has 0 aliphatic carbocycles. The molecule has 44 heavy (non-hydrogen) atoms. The first kappa shape index (κ1) is 30.2. The Kier molecular flexibility index (Phi) is 8.18. The molecule has 3 aliphatic heterocycles. The number of carbonyl (C=O) groups excluding carboxylic acids is 1. The minimum Gasteiger partial charge on any atom is -0.378 e. The van der Waals surface area contributed by atoms with Crippen LogP contribution in [0.3, 0.4) is 0 Å². The van der Waals surface area contributed by atoms with E-state index in [1.54, 1.807) is 12.3 Å². The summed E-state index contributed by atoms with van der Waals surface area (Å²) in [6.07, 6.45) is 5.91. The van der Waals surface area contributed by atoms with Crippen LogP contribution in [0.5, 0.6) is 0 Å². The van der Waals surface area contributed by atoms with Gasteiger partial charge in [-0.3, -0.25) is 4.79 Å². The van der Waals surface area contributed by atoms with Gasteiger partial charge in [-0.2, -0.15) is 4.98 Å². The Labute approximate surface area is 257 Å². The number of likely N-dealkylation sites (tertiary alicyclic amines) is 1. The van der Waals surface area contributed by atoms with E-state index in [0.29, 0.717) is 43.6 Å². The molecule has 1 N–H and O–H groups in total. The fraction of sp³-hybridized carbons (Fsp3) is 0.484. The Balaban J connectivity index is 1.31. The molecule has 2 aromatic heterocycles. The van der Waals surface area contributed by atoms with Crippen LogP contribution in [0.2, 0.25) is 0 Å². The highest BCUT2D eigenvalue weighted by Crippen LogP contribution is 2.43. The van der Waals surface area contributed by atoms with Crippen molar-refractivity contribution in [1.82, 2.24) is 19.9 Å². The smallest absolute Gasteiger partial charge is 0.246 e. The number of nitrogens with one attached hydrogen (secondary N) is 1. The number of benzene rings is 1. The number of piperidine rings is 1. The molecule has 6 rings (SSSR count). The molecule has 11 nitrogen and oxygen atoms in total. The molecular weight excluding hydrogens is 585 g/mol. The number of rotatable bonds is 9. The second kappa shape index (κ2) is 11.9. The molecule has 5 atom stereocenters. The van der Waals surface area contributed by atoms with Gasteiger partial charge in [-0.05, 0) is 55.0 Å². The third-order valence-corrected chi connectivity index (χ3v) is 10.2. The van der Waals surface area contributed by atoms with Crippen LogP contribution in [-0.2, 0) is 19.4 Å². The van der Waals surface area contributed by atoms with Gasteiger partial charge in [0.15, 0.2) is 0 Å². The summed E-state index contributed by atoms with van der Waals surface area (Å²) in [4.78, 5) is 32.1. The van der Waals surface area contributed by atoms with Gasteiger partial charge in [-0.15, -0.1) is 0 Å². The molecule has 234 valence electrons. The van der Waals surface area contributed by atoms with E-state index in [1.165, 1.54) is 19.4 Å². The van der Waals surface area contributed by atoms with E-state index in [2.05, 4.69) is 45.8 Å². The normalized spacial score (nSPS) is 25.4. The van der Waals surface area contributed by atoms with Crippen LogP contribution >= 0.6 is 0 Å². The van der Waals surface area contributed by atoms with Crippen molar-refractivity contribution in [3.63, 3.8) is 0 Å². The maximum absolute atomic E-state index is 14.5. The zero-order valence-corrected chi connectivity index (χ0v) is 26.0. The quantitative estimate of drug-likeness (QED) is 0.354. The van der Waals surface area contributed by atoms with Crippen LogP contribution < -0.4 is 15.1 Å². The number of hydrogen-bond donors (Lipinski definition) is 1. The molecule has 0 saturated carbocycles. The van der Waals surface area contributed by atoms with Gasteiger partial charge in [0.25, 0.3) is 0 Å². The lowest BCUT2D eigenvalue weighted by Crippen LogP contribution is -2.57. The van der Waals surface area contributed by atoms with Crippen molar-refractivity contribution >= 4 is 49.8 Å². The number of methoxy groups -OCH3 is 1.